The van der Waals surface area contributed by atoms with Crippen molar-refractivity contribution in [1.29, 1.82) is 0 Å². The molecule has 0 fully saturated rings. The van der Waals surface area contributed by atoms with Gasteiger partial charge in [-0.2, -0.15) is 4.98 Å². The number of nitrogens with zero attached hydrogens (tertiary/aromatic N) is 2. The van der Waals surface area contributed by atoms with E-state index < -0.39 is 17.5 Å². The predicted molar refractivity (Wildman–Crippen MR) is 82.0 cm³/mol. The molecular weight excluding hydrogens is 316 g/mol. The number of aromatic nitrogens is 2. The lowest BCUT2D eigenvalue weighted by atomic mass is 10.1. The highest BCUT2D eigenvalue weighted by molar-refractivity contribution is 5.94. The first-order valence-electron chi connectivity index (χ1n) is 7.16. The quantitative estimate of drug-likeness (QED) is 0.798. The van der Waals surface area contributed by atoms with Gasteiger partial charge in [0.15, 0.2) is 17.5 Å². The maximum atomic E-state index is 13.1. The van der Waals surface area contributed by atoms with Crippen LogP contribution in [-0.2, 0) is 6.54 Å². The summed E-state index contributed by atoms with van der Waals surface area (Å²) in [6.07, 6.45) is 0. The molecule has 0 unspecified atom stereocenters. The summed E-state index contributed by atoms with van der Waals surface area (Å²) in [5.41, 5.74) is 1.84. The zero-order valence-electron chi connectivity index (χ0n) is 12.7. The molecule has 0 saturated carbocycles. The maximum Gasteiger partial charge on any atom is 0.257 e. The Kier molecular flexibility index (Phi) is 4.33. The molecule has 2 aromatic carbocycles. The first-order chi connectivity index (χ1) is 11.5. The van der Waals surface area contributed by atoms with Gasteiger partial charge in [0.05, 0.1) is 6.54 Å². The Balaban J connectivity index is 1.67. The minimum absolute atomic E-state index is 0.00709. The minimum atomic E-state index is -1.08. The van der Waals surface area contributed by atoms with E-state index in [2.05, 4.69) is 15.5 Å². The van der Waals surface area contributed by atoms with Crippen LogP contribution in [0.2, 0.25) is 0 Å². The largest absolute Gasteiger partial charge is 0.345 e. The first-order valence-corrected chi connectivity index (χ1v) is 7.16. The molecule has 1 heterocycles. The van der Waals surface area contributed by atoms with Crippen LogP contribution in [0.3, 0.4) is 0 Å². The maximum absolute atomic E-state index is 13.1. The average molecular weight is 329 g/mol. The lowest BCUT2D eigenvalue weighted by Crippen LogP contribution is -2.23. The van der Waals surface area contributed by atoms with E-state index in [1.165, 1.54) is 6.07 Å². The highest BCUT2D eigenvalue weighted by Gasteiger charge is 2.12. The summed E-state index contributed by atoms with van der Waals surface area (Å²) in [5.74, 6) is -2.02. The molecule has 0 spiro atoms. The van der Waals surface area contributed by atoms with Crippen LogP contribution in [0.25, 0.3) is 11.5 Å². The molecule has 0 bridgehead atoms. The van der Waals surface area contributed by atoms with E-state index in [4.69, 9.17) is 4.52 Å². The number of aryl methyl sites for hydroxylation is 1. The fourth-order valence-electron chi connectivity index (χ4n) is 2.12. The number of nitrogens with one attached hydrogen (secondary N) is 1. The number of benzene rings is 2. The summed E-state index contributed by atoms with van der Waals surface area (Å²) in [6, 6.07) is 10.5. The van der Waals surface area contributed by atoms with Crippen molar-refractivity contribution in [2.24, 2.45) is 0 Å². The highest BCUT2D eigenvalue weighted by Crippen LogP contribution is 2.18. The van der Waals surface area contributed by atoms with Crippen molar-refractivity contribution in [2.45, 2.75) is 13.5 Å². The van der Waals surface area contributed by atoms with Crippen LogP contribution >= 0.6 is 0 Å². The van der Waals surface area contributed by atoms with Crippen molar-refractivity contribution >= 4 is 5.91 Å². The van der Waals surface area contributed by atoms with Gasteiger partial charge in [0, 0.05) is 11.1 Å². The van der Waals surface area contributed by atoms with E-state index in [-0.39, 0.29) is 17.9 Å². The van der Waals surface area contributed by atoms with Gasteiger partial charge in [-0.15, -0.1) is 0 Å². The third-order valence-electron chi connectivity index (χ3n) is 3.32. The average Bonchev–Trinajstić information content (AvgIpc) is 3.04. The van der Waals surface area contributed by atoms with Gasteiger partial charge >= 0.3 is 0 Å². The Morgan fingerprint density at radius 1 is 1.17 bits per heavy atom. The molecule has 24 heavy (non-hydrogen) atoms. The third kappa shape index (κ3) is 3.45. The second-order valence-corrected chi connectivity index (χ2v) is 5.20. The number of halogens is 2. The number of amides is 1. The van der Waals surface area contributed by atoms with E-state index in [9.17, 15) is 13.6 Å². The molecule has 1 amide bonds. The van der Waals surface area contributed by atoms with E-state index in [0.29, 0.717) is 5.89 Å². The van der Waals surface area contributed by atoms with Gasteiger partial charge in [-0.3, -0.25) is 4.79 Å². The van der Waals surface area contributed by atoms with Crippen molar-refractivity contribution in [3.8, 4) is 11.5 Å². The Labute approximate surface area is 136 Å². The summed E-state index contributed by atoms with van der Waals surface area (Å²) in [6.45, 7) is 1.95. The van der Waals surface area contributed by atoms with Crippen LogP contribution in [0.4, 0.5) is 8.78 Å². The molecule has 0 atom stereocenters. The van der Waals surface area contributed by atoms with Crippen LogP contribution in [0.5, 0.6) is 0 Å². The standard InChI is InChI=1S/C17H13F2N3O2/c1-10-3-2-4-12(7-10)17-21-15(22-24-17)9-20-16(23)11-5-6-13(18)14(19)8-11/h2-8H,9H2,1H3,(H,20,23). The smallest absolute Gasteiger partial charge is 0.257 e. The summed E-state index contributed by atoms with van der Waals surface area (Å²) in [5, 5.41) is 6.31. The van der Waals surface area contributed by atoms with E-state index in [0.717, 1.165) is 23.3 Å². The van der Waals surface area contributed by atoms with E-state index >= 15 is 0 Å². The normalized spacial score (nSPS) is 10.6. The molecule has 5 nitrogen and oxygen atoms in total. The topological polar surface area (TPSA) is 68.0 Å². The Morgan fingerprint density at radius 2 is 2.00 bits per heavy atom. The second-order valence-electron chi connectivity index (χ2n) is 5.20. The number of hydrogen-bond donors (Lipinski definition) is 1. The molecule has 1 N–H and O–H groups in total. The Bertz CT molecular complexity index is 893. The lowest BCUT2D eigenvalue weighted by molar-refractivity contribution is 0.0949. The SMILES string of the molecule is Cc1cccc(-c2nc(CNC(=O)c3ccc(F)c(F)c3)no2)c1. The molecule has 0 aliphatic heterocycles. The predicted octanol–water partition coefficient (Wildman–Crippen LogP) is 3.25. The molecule has 0 aliphatic carbocycles. The number of carbonyl (C=O) groups is 1. The van der Waals surface area contributed by atoms with Crippen molar-refractivity contribution in [1.82, 2.24) is 15.5 Å². The molecule has 3 aromatic rings. The Hall–Kier alpha value is -3.09. The van der Waals surface area contributed by atoms with Crippen LogP contribution in [0.1, 0.15) is 21.7 Å². The van der Waals surface area contributed by atoms with Gasteiger partial charge in [0.1, 0.15) is 0 Å². The third-order valence-corrected chi connectivity index (χ3v) is 3.32. The van der Waals surface area contributed by atoms with Gasteiger partial charge in [-0.05, 0) is 37.3 Å². The summed E-state index contributed by atoms with van der Waals surface area (Å²) in [7, 11) is 0. The van der Waals surface area contributed by atoms with Gasteiger partial charge in [-0.25, -0.2) is 8.78 Å². The van der Waals surface area contributed by atoms with Crippen LogP contribution < -0.4 is 5.32 Å². The molecule has 0 saturated heterocycles. The zero-order valence-corrected chi connectivity index (χ0v) is 12.7. The zero-order chi connectivity index (χ0) is 17.1. The molecule has 3 rings (SSSR count). The van der Waals surface area contributed by atoms with Crippen molar-refractivity contribution < 1.29 is 18.1 Å². The van der Waals surface area contributed by atoms with Gasteiger partial charge < -0.3 is 9.84 Å². The fraction of sp³-hybridized carbons (Fsp3) is 0.118. The van der Waals surface area contributed by atoms with Gasteiger partial charge in [0.2, 0.25) is 0 Å². The molecule has 122 valence electrons. The lowest BCUT2D eigenvalue weighted by Gasteiger charge is -2.02. The molecule has 1 aromatic heterocycles. The number of carbonyl (C=O) groups excluding carboxylic acids is 1. The van der Waals surface area contributed by atoms with E-state index in [1.807, 2.05) is 31.2 Å². The first kappa shape index (κ1) is 15.8. The van der Waals surface area contributed by atoms with Crippen LogP contribution in [0.15, 0.2) is 47.0 Å². The highest BCUT2D eigenvalue weighted by atomic mass is 19.2. The van der Waals surface area contributed by atoms with Gasteiger partial charge in [0.25, 0.3) is 11.8 Å². The summed E-state index contributed by atoms with van der Waals surface area (Å²) >= 11 is 0. The summed E-state index contributed by atoms with van der Waals surface area (Å²) < 4.78 is 31.2. The fourth-order valence-corrected chi connectivity index (χ4v) is 2.12. The van der Waals surface area contributed by atoms with Crippen LogP contribution in [-0.4, -0.2) is 16.0 Å². The van der Waals surface area contributed by atoms with E-state index in [1.54, 1.807) is 0 Å². The van der Waals surface area contributed by atoms with Crippen molar-refractivity contribution in [3.63, 3.8) is 0 Å². The Morgan fingerprint density at radius 3 is 2.75 bits per heavy atom. The number of hydrogen-bond acceptors (Lipinski definition) is 4. The number of rotatable bonds is 4. The molecule has 7 heteroatoms. The summed E-state index contributed by atoms with van der Waals surface area (Å²) in [4.78, 5) is 16.1. The van der Waals surface area contributed by atoms with Crippen LogP contribution in [0, 0.1) is 18.6 Å². The monoisotopic (exact) mass is 329 g/mol. The second kappa shape index (κ2) is 6.57. The van der Waals surface area contributed by atoms with Crippen molar-refractivity contribution in [3.05, 3.63) is 71.1 Å². The van der Waals surface area contributed by atoms with Crippen molar-refractivity contribution in [2.75, 3.05) is 0 Å². The molecule has 0 radical (unpaired) electrons. The van der Waals surface area contributed by atoms with Gasteiger partial charge in [-0.1, -0.05) is 22.9 Å². The minimum Gasteiger partial charge on any atom is -0.345 e. The molecule has 0 aliphatic rings. The molecular formula is C17H13F2N3O2.